The van der Waals surface area contributed by atoms with Gasteiger partial charge in [0.05, 0.1) is 6.10 Å². The molecule has 100 valence electrons. The van der Waals surface area contributed by atoms with Crippen molar-refractivity contribution in [2.24, 2.45) is 5.73 Å². The molecular weight excluding hydrogens is 222 g/mol. The van der Waals surface area contributed by atoms with Gasteiger partial charge >= 0.3 is 0 Å². The van der Waals surface area contributed by atoms with Crippen LogP contribution in [-0.4, -0.2) is 12.1 Å². The van der Waals surface area contributed by atoms with Crippen LogP contribution in [0, 0.1) is 6.92 Å². The molecule has 1 fully saturated rings. The minimum atomic E-state index is 0.353. The van der Waals surface area contributed by atoms with Crippen LogP contribution in [0.4, 0.5) is 0 Å². The van der Waals surface area contributed by atoms with Crippen LogP contribution in [0.15, 0.2) is 18.2 Å². The van der Waals surface area contributed by atoms with E-state index < -0.39 is 0 Å². The van der Waals surface area contributed by atoms with E-state index >= 15 is 0 Å². The fourth-order valence-corrected chi connectivity index (χ4v) is 2.49. The van der Waals surface area contributed by atoms with Gasteiger partial charge in [-0.3, -0.25) is 0 Å². The number of hydrogen-bond donors (Lipinski definition) is 1. The Morgan fingerprint density at radius 1 is 1.17 bits per heavy atom. The van der Waals surface area contributed by atoms with E-state index in [2.05, 4.69) is 39.0 Å². The third-order valence-electron chi connectivity index (χ3n) is 3.89. The van der Waals surface area contributed by atoms with Gasteiger partial charge in [0.2, 0.25) is 0 Å². The van der Waals surface area contributed by atoms with E-state index in [0.29, 0.717) is 18.1 Å². The molecule has 2 N–H and O–H groups in total. The molecule has 0 bridgehead atoms. The fourth-order valence-electron chi connectivity index (χ4n) is 2.49. The molecule has 1 aromatic rings. The fraction of sp³-hybridized carbons (Fsp3) is 0.625. The van der Waals surface area contributed by atoms with Crippen molar-refractivity contribution in [1.29, 1.82) is 0 Å². The predicted octanol–water partition coefficient (Wildman–Crippen LogP) is 3.77. The summed E-state index contributed by atoms with van der Waals surface area (Å²) in [5, 5.41) is 0. The lowest BCUT2D eigenvalue weighted by molar-refractivity contribution is 0.146. The van der Waals surface area contributed by atoms with Gasteiger partial charge in [-0.05, 0) is 55.7 Å². The van der Waals surface area contributed by atoms with Gasteiger partial charge in [0.15, 0.2) is 0 Å². The van der Waals surface area contributed by atoms with E-state index in [9.17, 15) is 0 Å². The molecule has 0 unspecified atom stereocenters. The van der Waals surface area contributed by atoms with Crippen molar-refractivity contribution >= 4 is 0 Å². The van der Waals surface area contributed by atoms with Crippen molar-refractivity contribution in [1.82, 2.24) is 0 Å². The number of hydrogen-bond acceptors (Lipinski definition) is 2. The van der Waals surface area contributed by atoms with Crippen LogP contribution in [0.1, 0.15) is 56.6 Å². The zero-order valence-electron chi connectivity index (χ0n) is 11.8. The van der Waals surface area contributed by atoms with E-state index in [4.69, 9.17) is 10.5 Å². The SMILES string of the molecule is Cc1ccc(C(C)C)cc1OC1CCC(N)CC1. The van der Waals surface area contributed by atoms with Crippen molar-refractivity contribution in [3.05, 3.63) is 29.3 Å². The highest BCUT2D eigenvalue weighted by Crippen LogP contribution is 2.28. The van der Waals surface area contributed by atoms with E-state index in [1.807, 2.05) is 0 Å². The lowest BCUT2D eigenvalue weighted by Crippen LogP contribution is -2.31. The standard InChI is InChI=1S/C16H25NO/c1-11(2)13-5-4-12(3)16(10-13)18-15-8-6-14(17)7-9-15/h4-5,10-11,14-15H,6-9,17H2,1-3H3. The first kappa shape index (κ1) is 13.4. The van der Waals surface area contributed by atoms with Gasteiger partial charge in [-0.25, -0.2) is 0 Å². The summed E-state index contributed by atoms with van der Waals surface area (Å²) in [6.45, 7) is 6.55. The van der Waals surface area contributed by atoms with E-state index in [0.717, 1.165) is 31.4 Å². The van der Waals surface area contributed by atoms with Gasteiger partial charge in [-0.2, -0.15) is 0 Å². The summed E-state index contributed by atoms with van der Waals surface area (Å²) < 4.78 is 6.17. The third kappa shape index (κ3) is 3.26. The van der Waals surface area contributed by atoms with Crippen LogP contribution in [0.25, 0.3) is 0 Å². The van der Waals surface area contributed by atoms with Crippen molar-refractivity contribution in [2.75, 3.05) is 0 Å². The van der Waals surface area contributed by atoms with Crippen LogP contribution in [0.2, 0.25) is 0 Å². The Morgan fingerprint density at radius 3 is 2.44 bits per heavy atom. The highest BCUT2D eigenvalue weighted by Gasteiger charge is 2.20. The van der Waals surface area contributed by atoms with Crippen molar-refractivity contribution < 1.29 is 4.74 Å². The van der Waals surface area contributed by atoms with Crippen molar-refractivity contribution in [3.63, 3.8) is 0 Å². The Morgan fingerprint density at radius 2 is 1.83 bits per heavy atom. The smallest absolute Gasteiger partial charge is 0.122 e. The molecule has 18 heavy (non-hydrogen) atoms. The Hall–Kier alpha value is -1.02. The van der Waals surface area contributed by atoms with Gasteiger partial charge in [-0.15, -0.1) is 0 Å². The molecule has 1 aliphatic rings. The van der Waals surface area contributed by atoms with Crippen LogP contribution in [0.3, 0.4) is 0 Å². The molecule has 0 heterocycles. The molecule has 0 spiro atoms. The zero-order chi connectivity index (χ0) is 13.1. The molecule has 0 radical (unpaired) electrons. The Kier molecular flexibility index (Phi) is 4.28. The molecule has 0 saturated heterocycles. The molecule has 1 aliphatic carbocycles. The summed E-state index contributed by atoms with van der Waals surface area (Å²) in [5.74, 6) is 1.61. The maximum absolute atomic E-state index is 6.17. The summed E-state index contributed by atoms with van der Waals surface area (Å²) in [6, 6.07) is 6.95. The van der Waals surface area contributed by atoms with Crippen LogP contribution in [-0.2, 0) is 0 Å². The molecule has 2 heteroatoms. The lowest BCUT2D eigenvalue weighted by atomic mass is 9.93. The molecule has 2 nitrogen and oxygen atoms in total. The van der Waals surface area contributed by atoms with Crippen LogP contribution in [0.5, 0.6) is 5.75 Å². The van der Waals surface area contributed by atoms with Crippen molar-refractivity contribution in [2.45, 2.75) is 64.5 Å². The predicted molar refractivity (Wildman–Crippen MR) is 76.1 cm³/mol. The lowest BCUT2D eigenvalue weighted by Gasteiger charge is -2.27. The first-order valence-corrected chi connectivity index (χ1v) is 7.09. The molecule has 1 saturated carbocycles. The third-order valence-corrected chi connectivity index (χ3v) is 3.89. The summed E-state index contributed by atoms with van der Waals surface area (Å²) in [7, 11) is 0. The summed E-state index contributed by atoms with van der Waals surface area (Å²) in [5.41, 5.74) is 8.51. The maximum Gasteiger partial charge on any atom is 0.122 e. The zero-order valence-corrected chi connectivity index (χ0v) is 11.8. The average molecular weight is 247 g/mol. The molecule has 0 aliphatic heterocycles. The summed E-state index contributed by atoms with van der Waals surface area (Å²) in [6.07, 6.45) is 4.71. The number of aryl methyl sites for hydroxylation is 1. The summed E-state index contributed by atoms with van der Waals surface area (Å²) in [4.78, 5) is 0. The first-order chi connectivity index (χ1) is 8.56. The number of nitrogens with two attached hydrogens (primary N) is 1. The van der Waals surface area contributed by atoms with Gasteiger partial charge in [-0.1, -0.05) is 26.0 Å². The number of ether oxygens (including phenoxy) is 1. The largest absolute Gasteiger partial charge is 0.490 e. The summed E-state index contributed by atoms with van der Waals surface area (Å²) >= 11 is 0. The molecule has 0 aromatic heterocycles. The topological polar surface area (TPSA) is 35.2 Å². The van der Waals surface area contributed by atoms with Gasteiger partial charge in [0.25, 0.3) is 0 Å². The van der Waals surface area contributed by atoms with Crippen LogP contribution >= 0.6 is 0 Å². The number of rotatable bonds is 3. The van der Waals surface area contributed by atoms with Crippen molar-refractivity contribution in [3.8, 4) is 5.75 Å². The quantitative estimate of drug-likeness (QED) is 0.882. The van der Waals surface area contributed by atoms with E-state index in [1.54, 1.807) is 0 Å². The van der Waals surface area contributed by atoms with Crippen LogP contribution < -0.4 is 10.5 Å². The Balaban J connectivity index is 2.06. The van der Waals surface area contributed by atoms with Gasteiger partial charge in [0.1, 0.15) is 5.75 Å². The minimum Gasteiger partial charge on any atom is -0.490 e. The molecular formula is C16H25NO. The second-order valence-corrected chi connectivity index (χ2v) is 5.83. The first-order valence-electron chi connectivity index (χ1n) is 7.09. The highest BCUT2D eigenvalue weighted by molar-refractivity contribution is 5.38. The Labute approximate surface area is 111 Å². The van der Waals surface area contributed by atoms with Gasteiger partial charge in [0, 0.05) is 6.04 Å². The number of benzene rings is 1. The second-order valence-electron chi connectivity index (χ2n) is 5.83. The minimum absolute atomic E-state index is 0.353. The Bertz CT molecular complexity index is 392. The average Bonchev–Trinajstić information content (AvgIpc) is 2.34. The second kappa shape index (κ2) is 5.75. The monoisotopic (exact) mass is 247 g/mol. The molecule has 2 rings (SSSR count). The normalized spacial score (nSPS) is 24.3. The molecule has 0 atom stereocenters. The van der Waals surface area contributed by atoms with Gasteiger partial charge < -0.3 is 10.5 Å². The maximum atomic E-state index is 6.17. The molecule has 1 aromatic carbocycles. The van der Waals surface area contributed by atoms with E-state index in [-0.39, 0.29) is 0 Å². The molecule has 0 amide bonds. The van der Waals surface area contributed by atoms with E-state index in [1.165, 1.54) is 11.1 Å². The highest BCUT2D eigenvalue weighted by atomic mass is 16.5.